The summed E-state index contributed by atoms with van der Waals surface area (Å²) < 4.78 is 10.4. The number of methoxy groups -OCH3 is 1. The van der Waals surface area contributed by atoms with Crippen LogP contribution in [0.3, 0.4) is 0 Å². The summed E-state index contributed by atoms with van der Waals surface area (Å²) in [6.07, 6.45) is 2.05. The van der Waals surface area contributed by atoms with Gasteiger partial charge in [0.1, 0.15) is 0 Å². The number of nitrogens with zero attached hydrogens (tertiary/aromatic N) is 4. The van der Waals surface area contributed by atoms with Gasteiger partial charge in [0.15, 0.2) is 0 Å². The summed E-state index contributed by atoms with van der Waals surface area (Å²) in [5.74, 6) is 0.107. The van der Waals surface area contributed by atoms with Crippen molar-refractivity contribution in [2.45, 2.75) is 32.2 Å². The zero-order valence-electron chi connectivity index (χ0n) is 17.5. The maximum Gasteiger partial charge on any atom is 0.225 e. The maximum absolute atomic E-state index is 12.9. The second kappa shape index (κ2) is 9.98. The van der Waals surface area contributed by atoms with Gasteiger partial charge >= 0.3 is 0 Å². The molecule has 2 aliphatic rings. The number of carbonyl (C=O) groups excluding carboxylic acids is 2. The van der Waals surface area contributed by atoms with Gasteiger partial charge in [-0.15, -0.1) is 0 Å². The highest BCUT2D eigenvalue weighted by Gasteiger charge is 2.41. The molecule has 0 unspecified atom stereocenters. The third kappa shape index (κ3) is 5.42. The number of likely N-dealkylation sites (tertiary alicyclic amines) is 1. The third-order valence-corrected chi connectivity index (χ3v) is 5.30. The molecule has 0 saturated carbocycles. The van der Waals surface area contributed by atoms with Crippen LogP contribution in [0.1, 0.15) is 31.9 Å². The summed E-state index contributed by atoms with van der Waals surface area (Å²) in [5, 5.41) is 2.99. The van der Waals surface area contributed by atoms with Crippen molar-refractivity contribution in [3.63, 3.8) is 0 Å². The van der Waals surface area contributed by atoms with Gasteiger partial charge in [0.05, 0.1) is 37.9 Å². The Morgan fingerprint density at radius 2 is 2.07 bits per heavy atom. The zero-order valence-corrected chi connectivity index (χ0v) is 17.5. The Balaban J connectivity index is 1.81. The monoisotopic (exact) mass is 405 g/mol. The number of aromatic nitrogens is 2. The van der Waals surface area contributed by atoms with E-state index in [0.717, 1.165) is 18.8 Å². The quantitative estimate of drug-likeness (QED) is 0.702. The van der Waals surface area contributed by atoms with E-state index in [9.17, 15) is 9.59 Å². The highest BCUT2D eigenvalue weighted by atomic mass is 16.5. The molecule has 2 aliphatic heterocycles. The molecule has 1 aromatic heterocycles. The Bertz CT molecular complexity index is 708. The molecule has 9 nitrogen and oxygen atoms in total. The van der Waals surface area contributed by atoms with Crippen molar-refractivity contribution < 1.29 is 19.1 Å². The molecular weight excluding hydrogens is 374 g/mol. The molecule has 9 heteroatoms. The topological polar surface area (TPSA) is 96.9 Å². The summed E-state index contributed by atoms with van der Waals surface area (Å²) in [4.78, 5) is 38.4. The van der Waals surface area contributed by atoms with Crippen LogP contribution in [0.2, 0.25) is 0 Å². The lowest BCUT2D eigenvalue weighted by atomic mass is 9.91. The minimum absolute atomic E-state index is 0.000782. The Kier molecular flexibility index (Phi) is 7.38. The Morgan fingerprint density at radius 1 is 1.31 bits per heavy atom. The Hall–Kier alpha value is -2.26. The zero-order chi connectivity index (χ0) is 20.8. The van der Waals surface area contributed by atoms with Gasteiger partial charge in [-0.3, -0.25) is 9.59 Å². The van der Waals surface area contributed by atoms with Crippen LogP contribution in [0.5, 0.6) is 0 Å². The fraction of sp³-hybridized carbons (Fsp3) is 0.700. The number of anilines is 1. The van der Waals surface area contributed by atoms with Gasteiger partial charge in [0, 0.05) is 51.4 Å². The van der Waals surface area contributed by atoms with Gasteiger partial charge in [-0.05, 0) is 19.9 Å². The second-order valence-corrected chi connectivity index (χ2v) is 7.80. The van der Waals surface area contributed by atoms with Crippen molar-refractivity contribution >= 4 is 17.8 Å². The molecule has 0 radical (unpaired) electrons. The average molecular weight is 405 g/mol. The summed E-state index contributed by atoms with van der Waals surface area (Å²) in [6, 6.07) is 1.89. The SMILES string of the molecule is COCCC(=O)N1C[C@H](C(=O)NC(C)C)[C@@H](c2ccnc(N3CCOCC3)n2)C1. The molecule has 29 heavy (non-hydrogen) atoms. The second-order valence-electron chi connectivity index (χ2n) is 7.80. The lowest BCUT2D eigenvalue weighted by molar-refractivity contribution is -0.131. The number of rotatable bonds is 7. The van der Waals surface area contributed by atoms with E-state index < -0.39 is 0 Å². The first-order chi connectivity index (χ1) is 14.0. The van der Waals surface area contributed by atoms with E-state index in [4.69, 9.17) is 14.5 Å². The first kappa shape index (κ1) is 21.4. The molecule has 3 rings (SSSR count). The molecule has 1 aromatic rings. The Labute approximate surface area is 171 Å². The van der Waals surface area contributed by atoms with E-state index in [0.29, 0.717) is 45.3 Å². The minimum atomic E-state index is -0.337. The molecule has 0 bridgehead atoms. The van der Waals surface area contributed by atoms with Crippen molar-refractivity contribution in [2.24, 2.45) is 5.92 Å². The van der Waals surface area contributed by atoms with Crippen molar-refractivity contribution in [3.8, 4) is 0 Å². The summed E-state index contributed by atoms with van der Waals surface area (Å²) in [5.41, 5.74) is 0.799. The fourth-order valence-electron chi connectivity index (χ4n) is 3.80. The predicted octanol–water partition coefficient (Wildman–Crippen LogP) is 0.416. The molecule has 0 spiro atoms. The van der Waals surface area contributed by atoms with E-state index >= 15 is 0 Å². The van der Waals surface area contributed by atoms with Gasteiger partial charge in [0.2, 0.25) is 17.8 Å². The maximum atomic E-state index is 12.9. The number of amides is 2. The lowest BCUT2D eigenvalue weighted by Crippen LogP contribution is -2.39. The van der Waals surface area contributed by atoms with E-state index in [1.54, 1.807) is 18.2 Å². The summed E-state index contributed by atoms with van der Waals surface area (Å²) in [6.45, 7) is 7.89. The molecule has 2 saturated heterocycles. The number of ether oxygens (including phenoxy) is 2. The molecule has 2 fully saturated rings. The number of carbonyl (C=O) groups is 2. The Morgan fingerprint density at radius 3 is 2.76 bits per heavy atom. The number of nitrogens with one attached hydrogen (secondary N) is 1. The van der Waals surface area contributed by atoms with Gasteiger partial charge in [-0.25, -0.2) is 9.97 Å². The van der Waals surface area contributed by atoms with Crippen molar-refractivity contribution in [1.82, 2.24) is 20.2 Å². The van der Waals surface area contributed by atoms with Crippen molar-refractivity contribution in [3.05, 3.63) is 18.0 Å². The van der Waals surface area contributed by atoms with E-state index in [1.165, 1.54) is 0 Å². The number of hydrogen-bond acceptors (Lipinski definition) is 7. The van der Waals surface area contributed by atoms with E-state index in [2.05, 4.69) is 15.2 Å². The standard InChI is InChI=1S/C20H31N5O4/c1-14(2)22-19(27)16-13-25(18(26)5-9-28-3)12-15(16)17-4-6-21-20(23-17)24-7-10-29-11-8-24/h4,6,14-16H,5,7-13H2,1-3H3,(H,22,27)/t15-,16-/m0/s1. The highest BCUT2D eigenvalue weighted by Crippen LogP contribution is 2.33. The van der Waals surface area contributed by atoms with Gasteiger partial charge in [-0.1, -0.05) is 0 Å². The van der Waals surface area contributed by atoms with Crippen molar-refractivity contribution in [1.29, 1.82) is 0 Å². The van der Waals surface area contributed by atoms with Crippen LogP contribution >= 0.6 is 0 Å². The van der Waals surface area contributed by atoms with Crippen LogP contribution in [0.25, 0.3) is 0 Å². The first-order valence-electron chi connectivity index (χ1n) is 10.2. The molecular formula is C20H31N5O4. The van der Waals surface area contributed by atoms with Crippen LogP contribution in [-0.4, -0.2) is 85.8 Å². The minimum Gasteiger partial charge on any atom is -0.384 e. The predicted molar refractivity (Wildman–Crippen MR) is 108 cm³/mol. The van der Waals surface area contributed by atoms with Gasteiger partial charge in [0.25, 0.3) is 0 Å². The smallest absolute Gasteiger partial charge is 0.225 e. The first-order valence-corrected chi connectivity index (χ1v) is 10.2. The lowest BCUT2D eigenvalue weighted by Gasteiger charge is -2.27. The molecule has 160 valence electrons. The van der Waals surface area contributed by atoms with E-state index in [-0.39, 0.29) is 29.7 Å². The molecule has 2 atom stereocenters. The molecule has 2 amide bonds. The van der Waals surface area contributed by atoms with Crippen molar-refractivity contribution in [2.75, 3.05) is 58.0 Å². The van der Waals surface area contributed by atoms with Gasteiger partial charge in [-0.2, -0.15) is 0 Å². The summed E-state index contributed by atoms with van der Waals surface area (Å²) in [7, 11) is 1.58. The largest absolute Gasteiger partial charge is 0.384 e. The normalized spacial score (nSPS) is 22.2. The fourth-order valence-corrected chi connectivity index (χ4v) is 3.80. The molecule has 0 aromatic carbocycles. The molecule has 1 N–H and O–H groups in total. The average Bonchev–Trinajstić information content (AvgIpc) is 3.18. The van der Waals surface area contributed by atoms with Gasteiger partial charge < -0.3 is 24.6 Å². The number of morpholine rings is 1. The summed E-state index contributed by atoms with van der Waals surface area (Å²) >= 11 is 0. The van der Waals surface area contributed by atoms with Crippen LogP contribution in [0.4, 0.5) is 5.95 Å². The third-order valence-electron chi connectivity index (χ3n) is 5.30. The highest BCUT2D eigenvalue weighted by molar-refractivity contribution is 5.83. The van der Waals surface area contributed by atoms with Crippen LogP contribution in [0.15, 0.2) is 12.3 Å². The van der Waals surface area contributed by atoms with E-state index in [1.807, 2.05) is 19.9 Å². The molecule has 0 aliphatic carbocycles. The van der Waals surface area contributed by atoms with Crippen LogP contribution in [-0.2, 0) is 19.1 Å². The number of hydrogen-bond donors (Lipinski definition) is 1. The van der Waals surface area contributed by atoms with Crippen LogP contribution in [0, 0.1) is 5.92 Å². The van der Waals surface area contributed by atoms with Crippen LogP contribution < -0.4 is 10.2 Å². The molecule has 3 heterocycles.